The van der Waals surface area contributed by atoms with Crippen molar-refractivity contribution in [3.05, 3.63) is 76.7 Å². The summed E-state index contributed by atoms with van der Waals surface area (Å²) in [6.45, 7) is 3.36. The Morgan fingerprint density at radius 1 is 1.25 bits per heavy atom. The van der Waals surface area contributed by atoms with Crippen LogP contribution in [0.4, 0.5) is 4.39 Å². The average molecular weight is 378 g/mol. The molecular formula is C23H23FN2O2. The number of fused-ring (bicyclic) bond motifs is 3. The van der Waals surface area contributed by atoms with Gasteiger partial charge in [-0.05, 0) is 50.5 Å². The van der Waals surface area contributed by atoms with E-state index in [1.165, 1.54) is 18.6 Å². The Bertz CT molecular complexity index is 996. The number of benzene rings is 2. The molecule has 28 heavy (non-hydrogen) atoms. The average Bonchev–Trinajstić information content (AvgIpc) is 3.07. The third-order valence-corrected chi connectivity index (χ3v) is 5.53. The fraction of sp³-hybridized carbons (Fsp3) is 0.304. The van der Waals surface area contributed by atoms with Gasteiger partial charge in [0.05, 0.1) is 18.9 Å². The van der Waals surface area contributed by atoms with Crippen molar-refractivity contribution in [3.8, 4) is 5.75 Å². The third-order valence-electron chi connectivity index (χ3n) is 5.53. The number of nitrogens with zero attached hydrogens (tertiary/aromatic N) is 2. The molecule has 0 bridgehead atoms. The maximum absolute atomic E-state index is 14.7. The molecule has 1 aliphatic carbocycles. The molecule has 1 aliphatic heterocycles. The van der Waals surface area contributed by atoms with Crippen LogP contribution in [-0.2, 0) is 11.2 Å². The van der Waals surface area contributed by atoms with Gasteiger partial charge in [0.25, 0.3) is 0 Å². The lowest BCUT2D eigenvalue weighted by atomic mass is 9.77. The molecule has 2 aromatic rings. The van der Waals surface area contributed by atoms with Crippen LogP contribution in [0.15, 0.2) is 59.3 Å². The van der Waals surface area contributed by atoms with Crippen molar-refractivity contribution in [3.63, 3.8) is 0 Å². The van der Waals surface area contributed by atoms with Crippen molar-refractivity contribution < 1.29 is 13.9 Å². The molecule has 0 unspecified atom stereocenters. The summed E-state index contributed by atoms with van der Waals surface area (Å²) in [6, 6.07) is 12.6. The zero-order chi connectivity index (χ0) is 19.8. The van der Waals surface area contributed by atoms with Gasteiger partial charge in [0.2, 0.25) is 0 Å². The second kappa shape index (κ2) is 7.23. The van der Waals surface area contributed by atoms with Crippen molar-refractivity contribution >= 4 is 11.5 Å². The van der Waals surface area contributed by atoms with E-state index in [0.29, 0.717) is 11.3 Å². The number of halogens is 1. The van der Waals surface area contributed by atoms with Crippen molar-refractivity contribution in [2.45, 2.75) is 32.7 Å². The van der Waals surface area contributed by atoms with Gasteiger partial charge in [0.1, 0.15) is 11.6 Å². The highest BCUT2D eigenvalue weighted by atomic mass is 19.1. The van der Waals surface area contributed by atoms with Crippen molar-refractivity contribution in [1.82, 2.24) is 5.01 Å². The quantitative estimate of drug-likeness (QED) is 0.727. The van der Waals surface area contributed by atoms with E-state index in [4.69, 9.17) is 9.84 Å². The Kier molecular flexibility index (Phi) is 4.75. The molecule has 0 amide bonds. The fourth-order valence-electron chi connectivity index (χ4n) is 4.29. The Morgan fingerprint density at radius 3 is 2.75 bits per heavy atom. The lowest BCUT2D eigenvalue weighted by Crippen LogP contribution is -2.29. The van der Waals surface area contributed by atoms with Crippen molar-refractivity contribution in [1.29, 1.82) is 0 Å². The number of ether oxygens (including phenoxy) is 1. The molecule has 2 aromatic carbocycles. The van der Waals surface area contributed by atoms with Gasteiger partial charge in [0, 0.05) is 28.8 Å². The SMILES string of the molecule is COc1ccc2c(c1)C1=NN(C(C)=CC(C)=O)[C@@H](c3ccccc3F)[C@@H]1CC2. The molecule has 0 fully saturated rings. The third kappa shape index (κ3) is 3.11. The van der Waals surface area contributed by atoms with E-state index in [2.05, 4.69) is 6.07 Å². The second-order valence-electron chi connectivity index (χ2n) is 7.36. The van der Waals surface area contributed by atoms with E-state index < -0.39 is 0 Å². The van der Waals surface area contributed by atoms with Crippen LogP contribution < -0.4 is 4.74 Å². The summed E-state index contributed by atoms with van der Waals surface area (Å²) in [4.78, 5) is 11.7. The lowest BCUT2D eigenvalue weighted by molar-refractivity contribution is -0.112. The molecule has 0 saturated heterocycles. The monoisotopic (exact) mass is 378 g/mol. The number of carbonyl (C=O) groups excluding carboxylic acids is 1. The van der Waals surface area contributed by atoms with Gasteiger partial charge in [-0.15, -0.1) is 0 Å². The standard InChI is InChI=1S/C23H23FN2O2/c1-14(12-15(2)27)26-23(18-6-4-5-7-21(18)24)19-11-9-16-8-10-17(28-3)13-20(16)22(19)25-26/h4-8,10,12-13,19,23H,9,11H2,1-3H3/t19-,23+/m1/s1. The topological polar surface area (TPSA) is 41.9 Å². The number of hydrazone groups is 1. The number of allylic oxidation sites excluding steroid dienone is 2. The van der Waals surface area contributed by atoms with Gasteiger partial charge < -0.3 is 4.74 Å². The minimum Gasteiger partial charge on any atom is -0.497 e. The van der Waals surface area contributed by atoms with Crippen LogP contribution in [0.3, 0.4) is 0 Å². The van der Waals surface area contributed by atoms with E-state index in [1.54, 1.807) is 19.3 Å². The number of ketones is 1. The molecule has 4 rings (SSSR count). The van der Waals surface area contributed by atoms with E-state index in [0.717, 1.165) is 29.9 Å². The van der Waals surface area contributed by atoms with Crippen LogP contribution in [-0.4, -0.2) is 23.6 Å². The van der Waals surface area contributed by atoms with E-state index in [-0.39, 0.29) is 23.6 Å². The van der Waals surface area contributed by atoms with Gasteiger partial charge in [-0.2, -0.15) is 5.10 Å². The fourth-order valence-corrected chi connectivity index (χ4v) is 4.29. The highest BCUT2D eigenvalue weighted by Crippen LogP contribution is 2.46. The minimum absolute atomic E-state index is 0.0480. The van der Waals surface area contributed by atoms with E-state index in [1.807, 2.05) is 36.2 Å². The summed E-state index contributed by atoms with van der Waals surface area (Å²) >= 11 is 0. The number of hydrogen-bond acceptors (Lipinski definition) is 4. The molecule has 2 atom stereocenters. The van der Waals surface area contributed by atoms with Crippen LogP contribution in [0.25, 0.3) is 0 Å². The molecule has 0 N–H and O–H groups in total. The molecule has 0 saturated carbocycles. The Labute approximate surface area is 164 Å². The number of methoxy groups -OCH3 is 1. The summed E-state index contributed by atoms with van der Waals surface area (Å²) in [5, 5.41) is 6.70. The van der Waals surface area contributed by atoms with Crippen LogP contribution in [0.2, 0.25) is 0 Å². The highest BCUT2D eigenvalue weighted by molar-refractivity contribution is 6.06. The zero-order valence-electron chi connectivity index (χ0n) is 16.3. The zero-order valence-corrected chi connectivity index (χ0v) is 16.3. The summed E-state index contributed by atoms with van der Waals surface area (Å²) < 4.78 is 20.1. The molecule has 4 nitrogen and oxygen atoms in total. The molecule has 1 heterocycles. The largest absolute Gasteiger partial charge is 0.497 e. The molecular weight excluding hydrogens is 355 g/mol. The highest BCUT2D eigenvalue weighted by Gasteiger charge is 2.43. The maximum Gasteiger partial charge on any atom is 0.154 e. The van der Waals surface area contributed by atoms with Gasteiger partial charge in [0.15, 0.2) is 5.78 Å². The van der Waals surface area contributed by atoms with Crippen LogP contribution >= 0.6 is 0 Å². The van der Waals surface area contributed by atoms with Crippen molar-refractivity contribution in [2.75, 3.05) is 7.11 Å². The summed E-state index contributed by atoms with van der Waals surface area (Å²) in [5.41, 5.74) is 4.53. The number of hydrogen-bond donors (Lipinski definition) is 0. The predicted octanol–water partition coefficient (Wildman–Crippen LogP) is 4.65. The van der Waals surface area contributed by atoms with Crippen LogP contribution in [0, 0.1) is 11.7 Å². The van der Waals surface area contributed by atoms with E-state index >= 15 is 0 Å². The Hall–Kier alpha value is -2.95. The first-order valence-corrected chi connectivity index (χ1v) is 9.48. The second-order valence-corrected chi connectivity index (χ2v) is 7.36. The van der Waals surface area contributed by atoms with Gasteiger partial charge in [-0.1, -0.05) is 24.3 Å². The minimum atomic E-state index is -0.272. The number of aryl methyl sites for hydroxylation is 1. The maximum atomic E-state index is 14.7. The van der Waals surface area contributed by atoms with Gasteiger partial charge in [-0.25, -0.2) is 4.39 Å². The molecule has 0 radical (unpaired) electrons. The van der Waals surface area contributed by atoms with Gasteiger partial charge >= 0.3 is 0 Å². The first-order valence-electron chi connectivity index (χ1n) is 9.48. The Morgan fingerprint density at radius 2 is 2.04 bits per heavy atom. The smallest absolute Gasteiger partial charge is 0.154 e. The molecule has 144 valence electrons. The molecule has 2 aliphatic rings. The number of carbonyl (C=O) groups is 1. The molecule has 0 aromatic heterocycles. The summed E-state index contributed by atoms with van der Waals surface area (Å²) in [6.07, 6.45) is 3.33. The van der Waals surface area contributed by atoms with Crippen molar-refractivity contribution in [2.24, 2.45) is 11.0 Å². The number of rotatable bonds is 4. The normalized spacial score (nSPS) is 21.1. The van der Waals surface area contributed by atoms with Crippen LogP contribution in [0.1, 0.15) is 43.0 Å². The first kappa shape index (κ1) is 18.4. The van der Waals surface area contributed by atoms with E-state index in [9.17, 15) is 9.18 Å². The Balaban J connectivity index is 1.86. The predicted molar refractivity (Wildman–Crippen MR) is 107 cm³/mol. The van der Waals surface area contributed by atoms with Crippen LogP contribution in [0.5, 0.6) is 5.75 Å². The summed E-state index contributed by atoms with van der Waals surface area (Å²) in [5.74, 6) is 0.522. The molecule has 0 spiro atoms. The van der Waals surface area contributed by atoms with Gasteiger partial charge in [-0.3, -0.25) is 9.80 Å². The lowest BCUT2D eigenvalue weighted by Gasteiger charge is -2.31. The summed E-state index contributed by atoms with van der Waals surface area (Å²) in [7, 11) is 1.65. The first-order chi connectivity index (χ1) is 13.5. The molecule has 5 heteroatoms.